The molecule has 0 bridgehead atoms. The molecule has 0 atom stereocenters. The Hall–Kier alpha value is -2.78. The molecular weight excluding hydrogens is 401 g/mol. The highest BCUT2D eigenvalue weighted by Gasteiger charge is 2.16. The van der Waals surface area contributed by atoms with E-state index in [9.17, 15) is 9.18 Å². The minimum atomic E-state index is -0.377. The number of nitrogens with zero attached hydrogens (tertiary/aromatic N) is 3. The average Bonchev–Trinajstić information content (AvgIpc) is 3.38. The van der Waals surface area contributed by atoms with E-state index in [4.69, 9.17) is 9.47 Å². The first kappa shape index (κ1) is 18.6. The first-order chi connectivity index (χ1) is 13.5. The lowest BCUT2D eigenvalue weighted by molar-refractivity contribution is 0.0474. The van der Waals surface area contributed by atoms with E-state index in [2.05, 4.69) is 10.1 Å². The van der Waals surface area contributed by atoms with Gasteiger partial charge in [0.25, 0.3) is 0 Å². The van der Waals surface area contributed by atoms with Gasteiger partial charge in [0.2, 0.25) is 0 Å². The number of hydrogen-bond donors (Lipinski definition) is 0. The first-order valence-corrected chi connectivity index (χ1v) is 10.1. The SMILES string of the molecule is Cc1nn(C)c2sc(C(=O)OCc3csc(COc4ccc(F)cc4)n3)cc12. The van der Waals surface area contributed by atoms with Crippen molar-refractivity contribution in [2.75, 3.05) is 0 Å². The van der Waals surface area contributed by atoms with Crippen molar-refractivity contribution in [2.24, 2.45) is 7.05 Å². The first-order valence-electron chi connectivity index (χ1n) is 8.41. The summed E-state index contributed by atoms with van der Waals surface area (Å²) >= 11 is 2.78. The molecule has 1 aromatic carbocycles. The van der Waals surface area contributed by atoms with Crippen molar-refractivity contribution >= 4 is 38.9 Å². The fraction of sp³-hybridized carbons (Fsp3) is 0.211. The fourth-order valence-electron chi connectivity index (χ4n) is 2.67. The van der Waals surface area contributed by atoms with Crippen LogP contribution in [0.1, 0.15) is 26.1 Å². The molecule has 4 aromatic rings. The monoisotopic (exact) mass is 417 g/mol. The van der Waals surface area contributed by atoms with Gasteiger partial charge in [0.1, 0.15) is 39.5 Å². The molecule has 0 aliphatic rings. The van der Waals surface area contributed by atoms with E-state index in [-0.39, 0.29) is 25.0 Å². The van der Waals surface area contributed by atoms with Crippen molar-refractivity contribution in [1.82, 2.24) is 14.8 Å². The molecule has 0 aliphatic carbocycles. The smallest absolute Gasteiger partial charge is 0.348 e. The number of halogens is 1. The maximum absolute atomic E-state index is 12.9. The van der Waals surface area contributed by atoms with Crippen LogP contribution < -0.4 is 4.74 Å². The van der Waals surface area contributed by atoms with Gasteiger partial charge in [-0.15, -0.1) is 22.7 Å². The molecule has 0 amide bonds. The number of hydrogen-bond acceptors (Lipinski definition) is 7. The Bertz CT molecular complexity index is 1100. The summed E-state index contributed by atoms with van der Waals surface area (Å²) in [6.45, 7) is 2.28. The van der Waals surface area contributed by atoms with Gasteiger partial charge in [-0.05, 0) is 37.3 Å². The third-order valence-corrected chi connectivity index (χ3v) is 6.08. The molecule has 144 valence electrons. The molecule has 28 heavy (non-hydrogen) atoms. The molecule has 6 nitrogen and oxygen atoms in total. The molecule has 0 spiro atoms. The van der Waals surface area contributed by atoms with Crippen LogP contribution >= 0.6 is 22.7 Å². The average molecular weight is 417 g/mol. The quantitative estimate of drug-likeness (QED) is 0.433. The van der Waals surface area contributed by atoms with Crippen LogP contribution in [0.4, 0.5) is 4.39 Å². The number of benzene rings is 1. The van der Waals surface area contributed by atoms with E-state index < -0.39 is 0 Å². The van der Waals surface area contributed by atoms with Gasteiger partial charge in [0, 0.05) is 17.8 Å². The summed E-state index contributed by atoms with van der Waals surface area (Å²) in [5.74, 6) is -0.118. The minimum absolute atomic E-state index is 0.0946. The van der Waals surface area contributed by atoms with Gasteiger partial charge in [-0.1, -0.05) is 0 Å². The second-order valence-electron chi connectivity index (χ2n) is 6.09. The number of carbonyl (C=O) groups excluding carboxylic acids is 1. The summed E-state index contributed by atoms with van der Waals surface area (Å²) in [4.78, 5) is 18.2. The molecule has 0 N–H and O–H groups in total. The van der Waals surface area contributed by atoms with E-state index in [0.717, 1.165) is 20.9 Å². The topological polar surface area (TPSA) is 66.2 Å². The zero-order chi connectivity index (χ0) is 19.7. The van der Waals surface area contributed by atoms with Crippen molar-refractivity contribution in [3.63, 3.8) is 0 Å². The van der Waals surface area contributed by atoms with Crippen molar-refractivity contribution in [1.29, 1.82) is 0 Å². The molecule has 4 rings (SSSR count). The van der Waals surface area contributed by atoms with Crippen LogP contribution in [-0.2, 0) is 25.0 Å². The van der Waals surface area contributed by atoms with Crippen LogP contribution in [0.2, 0.25) is 0 Å². The summed E-state index contributed by atoms with van der Waals surface area (Å²) < 4.78 is 25.6. The van der Waals surface area contributed by atoms with Crippen LogP contribution in [-0.4, -0.2) is 20.7 Å². The van der Waals surface area contributed by atoms with E-state index in [1.165, 1.54) is 34.8 Å². The Morgan fingerprint density at radius 2 is 2.04 bits per heavy atom. The lowest BCUT2D eigenvalue weighted by Gasteiger charge is -2.03. The number of aromatic nitrogens is 3. The third kappa shape index (κ3) is 3.90. The number of thiazole rings is 1. The Kier molecular flexibility index (Phi) is 5.10. The molecule has 0 aliphatic heterocycles. The maximum Gasteiger partial charge on any atom is 0.348 e. The second-order valence-corrected chi connectivity index (χ2v) is 8.06. The molecule has 3 aromatic heterocycles. The maximum atomic E-state index is 12.9. The van der Waals surface area contributed by atoms with Gasteiger partial charge in [0.15, 0.2) is 0 Å². The molecule has 0 radical (unpaired) electrons. The van der Waals surface area contributed by atoms with Gasteiger partial charge < -0.3 is 9.47 Å². The number of carbonyl (C=O) groups is 1. The van der Waals surface area contributed by atoms with E-state index in [1.807, 2.05) is 25.4 Å². The van der Waals surface area contributed by atoms with Gasteiger partial charge >= 0.3 is 5.97 Å². The number of rotatable bonds is 6. The predicted octanol–water partition coefficient (Wildman–Crippen LogP) is 4.47. The largest absolute Gasteiger partial charge is 0.486 e. The van der Waals surface area contributed by atoms with Crippen molar-refractivity contribution < 1.29 is 18.7 Å². The van der Waals surface area contributed by atoms with Crippen molar-refractivity contribution in [3.8, 4) is 5.75 Å². The van der Waals surface area contributed by atoms with Gasteiger partial charge in [-0.2, -0.15) is 5.10 Å². The van der Waals surface area contributed by atoms with Crippen LogP contribution in [0.25, 0.3) is 10.2 Å². The summed E-state index contributed by atoms with van der Waals surface area (Å²) in [7, 11) is 1.85. The van der Waals surface area contributed by atoms with Crippen LogP contribution in [0.3, 0.4) is 0 Å². The lowest BCUT2D eigenvalue weighted by atomic mass is 10.3. The molecule has 0 unspecified atom stereocenters. The summed E-state index contributed by atoms with van der Waals surface area (Å²) in [5, 5.41) is 7.87. The van der Waals surface area contributed by atoms with E-state index in [1.54, 1.807) is 16.8 Å². The highest BCUT2D eigenvalue weighted by atomic mass is 32.1. The third-order valence-electron chi connectivity index (χ3n) is 4.02. The zero-order valence-electron chi connectivity index (χ0n) is 15.1. The number of aryl methyl sites for hydroxylation is 2. The summed E-state index contributed by atoms with van der Waals surface area (Å²) in [6, 6.07) is 7.62. The molecular formula is C19H16FN3O3S2. The van der Waals surface area contributed by atoms with Crippen LogP contribution in [0.15, 0.2) is 35.7 Å². The highest BCUT2D eigenvalue weighted by molar-refractivity contribution is 7.20. The predicted molar refractivity (Wildman–Crippen MR) is 105 cm³/mol. The van der Waals surface area contributed by atoms with Crippen molar-refractivity contribution in [3.05, 3.63) is 62.8 Å². The highest BCUT2D eigenvalue weighted by Crippen LogP contribution is 2.28. The standard InChI is InChI=1S/C19H16FN3O3S2/c1-11-15-7-16(28-18(15)23(2)22-11)19(24)26-8-13-10-27-17(21-13)9-25-14-5-3-12(20)4-6-14/h3-7,10H,8-9H2,1-2H3. The summed E-state index contributed by atoms with van der Waals surface area (Å²) in [5.41, 5.74) is 1.55. The number of ether oxygens (including phenoxy) is 2. The molecule has 3 heterocycles. The van der Waals surface area contributed by atoms with E-state index >= 15 is 0 Å². The van der Waals surface area contributed by atoms with Gasteiger partial charge in [0.05, 0.1) is 11.4 Å². The van der Waals surface area contributed by atoms with Gasteiger partial charge in [-0.25, -0.2) is 14.2 Å². The van der Waals surface area contributed by atoms with Crippen molar-refractivity contribution in [2.45, 2.75) is 20.1 Å². The zero-order valence-corrected chi connectivity index (χ0v) is 16.8. The molecule has 0 fully saturated rings. The number of esters is 1. The molecule has 0 saturated carbocycles. The molecule has 0 saturated heterocycles. The summed E-state index contributed by atoms with van der Waals surface area (Å²) in [6.07, 6.45) is 0. The fourth-order valence-corrected chi connectivity index (χ4v) is 4.38. The number of thiophene rings is 1. The minimum Gasteiger partial charge on any atom is -0.486 e. The van der Waals surface area contributed by atoms with Crippen LogP contribution in [0, 0.1) is 12.7 Å². The van der Waals surface area contributed by atoms with Crippen LogP contribution in [0.5, 0.6) is 5.75 Å². The Balaban J connectivity index is 1.33. The number of fused-ring (bicyclic) bond motifs is 1. The normalized spacial score (nSPS) is 11.1. The van der Waals surface area contributed by atoms with E-state index in [0.29, 0.717) is 16.3 Å². The lowest BCUT2D eigenvalue weighted by Crippen LogP contribution is -2.04. The Morgan fingerprint density at radius 1 is 1.25 bits per heavy atom. The Labute approximate surface area is 168 Å². The van der Waals surface area contributed by atoms with Gasteiger partial charge in [-0.3, -0.25) is 4.68 Å². The Morgan fingerprint density at radius 3 is 2.79 bits per heavy atom. The second kappa shape index (κ2) is 7.69. The molecule has 9 heteroatoms.